The summed E-state index contributed by atoms with van der Waals surface area (Å²) in [5.41, 5.74) is 0. The van der Waals surface area contributed by atoms with Crippen molar-refractivity contribution in [3.05, 3.63) is 0 Å². The van der Waals surface area contributed by atoms with Crippen LogP contribution in [0.5, 0.6) is 0 Å². The monoisotopic (exact) mass is 260 g/mol. The second-order valence-electron chi connectivity index (χ2n) is 4.46. The maximum atomic E-state index is 11.3. The Morgan fingerprint density at radius 2 is 1.44 bits per heavy atom. The molecule has 0 aliphatic carbocycles. The van der Waals surface area contributed by atoms with Crippen molar-refractivity contribution in [1.29, 1.82) is 0 Å². The number of carbonyl (C=O) groups is 2. The van der Waals surface area contributed by atoms with Crippen molar-refractivity contribution in [2.24, 2.45) is 11.8 Å². The van der Waals surface area contributed by atoms with E-state index in [-0.39, 0.29) is 23.7 Å². The number of aliphatic carboxylic acids is 1. The number of hydrogen-bond acceptors (Lipinski definition) is 3. The lowest BCUT2D eigenvalue weighted by Gasteiger charge is -2.14. The summed E-state index contributed by atoms with van der Waals surface area (Å²) in [6.45, 7) is 11.8. The Balaban J connectivity index is 0. The van der Waals surface area contributed by atoms with Crippen LogP contribution in [0.4, 0.5) is 0 Å². The second kappa shape index (κ2) is 11.2. The average molecular weight is 260 g/mol. The molecule has 0 spiro atoms. The zero-order valence-corrected chi connectivity index (χ0v) is 12.5. The highest BCUT2D eigenvalue weighted by molar-refractivity contribution is 5.84. The minimum absolute atomic E-state index is 0.136. The van der Waals surface area contributed by atoms with Crippen molar-refractivity contribution < 1.29 is 19.4 Å². The third kappa shape index (κ3) is 9.16. The van der Waals surface area contributed by atoms with Gasteiger partial charge in [0.05, 0.1) is 5.92 Å². The van der Waals surface area contributed by atoms with E-state index in [1.165, 1.54) is 0 Å². The van der Waals surface area contributed by atoms with Crippen LogP contribution in [0.1, 0.15) is 54.4 Å². The molecule has 0 aromatic heterocycles. The van der Waals surface area contributed by atoms with E-state index in [2.05, 4.69) is 0 Å². The topological polar surface area (TPSA) is 63.6 Å². The van der Waals surface area contributed by atoms with E-state index < -0.39 is 5.97 Å². The molecule has 0 saturated heterocycles. The first kappa shape index (κ1) is 19.4. The van der Waals surface area contributed by atoms with Gasteiger partial charge >= 0.3 is 5.97 Å². The molecule has 0 radical (unpaired) electrons. The van der Waals surface area contributed by atoms with Crippen molar-refractivity contribution >= 4 is 11.8 Å². The molecule has 4 heteroatoms. The van der Waals surface area contributed by atoms with Gasteiger partial charge in [-0.1, -0.05) is 27.7 Å². The fourth-order valence-electron chi connectivity index (χ4n) is 1.11. The molecule has 0 aliphatic rings. The van der Waals surface area contributed by atoms with Gasteiger partial charge in [-0.3, -0.25) is 9.59 Å². The van der Waals surface area contributed by atoms with Crippen molar-refractivity contribution in [3.63, 3.8) is 0 Å². The molecule has 3 atom stereocenters. The molecule has 0 amide bonds. The maximum absolute atomic E-state index is 11.3. The molecule has 0 aliphatic heterocycles. The SMILES string of the molecule is CCOC(C)C(=O)[C@@H](C)CC.CC[C@H](C)C(=O)O. The van der Waals surface area contributed by atoms with Gasteiger partial charge in [0.15, 0.2) is 5.78 Å². The van der Waals surface area contributed by atoms with Gasteiger partial charge in [0.25, 0.3) is 0 Å². The molecule has 0 fully saturated rings. The van der Waals surface area contributed by atoms with E-state index in [4.69, 9.17) is 9.84 Å². The number of hydrogen-bond donors (Lipinski definition) is 1. The van der Waals surface area contributed by atoms with Crippen LogP contribution in [0.25, 0.3) is 0 Å². The molecule has 0 aromatic carbocycles. The summed E-state index contributed by atoms with van der Waals surface area (Å²) in [6.07, 6.45) is 1.39. The van der Waals surface area contributed by atoms with Crippen LogP contribution in [0.15, 0.2) is 0 Å². The first-order chi connectivity index (χ1) is 8.31. The summed E-state index contributed by atoms with van der Waals surface area (Å²) in [4.78, 5) is 21.3. The number of carboxylic acid groups (broad SMARTS) is 1. The molecule has 0 saturated carbocycles. The zero-order chi connectivity index (χ0) is 14.7. The molecular weight excluding hydrogens is 232 g/mol. The van der Waals surface area contributed by atoms with Crippen LogP contribution in [0.2, 0.25) is 0 Å². The van der Waals surface area contributed by atoms with Crippen LogP contribution >= 0.6 is 0 Å². The molecule has 108 valence electrons. The molecular formula is C14H28O4. The summed E-state index contributed by atoms with van der Waals surface area (Å²) >= 11 is 0. The third-order valence-corrected chi connectivity index (χ3v) is 2.95. The number of ether oxygens (including phenoxy) is 1. The molecule has 0 rings (SSSR count). The first-order valence-electron chi connectivity index (χ1n) is 6.69. The number of carbonyl (C=O) groups excluding carboxylic acids is 1. The normalized spacial score (nSPS) is 15.0. The second-order valence-corrected chi connectivity index (χ2v) is 4.46. The highest BCUT2D eigenvalue weighted by Gasteiger charge is 2.17. The van der Waals surface area contributed by atoms with E-state index in [1.807, 2.05) is 34.6 Å². The average Bonchev–Trinajstić information content (AvgIpc) is 2.36. The van der Waals surface area contributed by atoms with Crippen LogP contribution in [0, 0.1) is 11.8 Å². The predicted molar refractivity (Wildman–Crippen MR) is 72.6 cm³/mol. The summed E-state index contributed by atoms with van der Waals surface area (Å²) in [6, 6.07) is 0. The Kier molecular flexibility index (Phi) is 12.1. The maximum Gasteiger partial charge on any atom is 0.306 e. The fraction of sp³-hybridized carbons (Fsp3) is 0.857. The van der Waals surface area contributed by atoms with Gasteiger partial charge in [0, 0.05) is 12.5 Å². The largest absolute Gasteiger partial charge is 0.481 e. The lowest BCUT2D eigenvalue weighted by atomic mass is 10.0. The van der Waals surface area contributed by atoms with E-state index in [9.17, 15) is 9.59 Å². The van der Waals surface area contributed by atoms with Gasteiger partial charge in [-0.05, 0) is 26.7 Å². The Labute approximate surface area is 111 Å². The van der Waals surface area contributed by atoms with E-state index in [1.54, 1.807) is 6.92 Å². The number of Topliss-reactive ketones (excluding diaryl/α,β-unsaturated/α-hetero) is 1. The van der Waals surface area contributed by atoms with Crippen LogP contribution in [0.3, 0.4) is 0 Å². The summed E-state index contributed by atoms with van der Waals surface area (Å²) in [5, 5.41) is 8.18. The third-order valence-electron chi connectivity index (χ3n) is 2.95. The summed E-state index contributed by atoms with van der Waals surface area (Å²) < 4.78 is 5.18. The number of carboxylic acids is 1. The van der Waals surface area contributed by atoms with Crippen LogP contribution in [-0.2, 0) is 14.3 Å². The standard InChI is InChI=1S/C9H18O2.C5H10O2/c1-5-7(3)9(10)8(4)11-6-2;1-3-4(2)5(6)7/h7-8H,5-6H2,1-4H3;4H,3H2,1-2H3,(H,6,7)/t7-,8?;4-/m00/s1. The Bertz CT molecular complexity index is 238. The number of rotatable bonds is 7. The molecule has 1 unspecified atom stereocenters. The summed E-state index contributed by atoms with van der Waals surface area (Å²) in [7, 11) is 0. The smallest absolute Gasteiger partial charge is 0.306 e. The van der Waals surface area contributed by atoms with Gasteiger partial charge in [0.2, 0.25) is 0 Å². The van der Waals surface area contributed by atoms with Gasteiger partial charge in [-0.25, -0.2) is 0 Å². The van der Waals surface area contributed by atoms with Gasteiger partial charge in [0.1, 0.15) is 6.10 Å². The molecule has 18 heavy (non-hydrogen) atoms. The molecule has 0 heterocycles. The van der Waals surface area contributed by atoms with Crippen molar-refractivity contribution in [1.82, 2.24) is 0 Å². The molecule has 0 aromatic rings. The van der Waals surface area contributed by atoms with Crippen LogP contribution in [-0.4, -0.2) is 29.6 Å². The van der Waals surface area contributed by atoms with Gasteiger partial charge in [-0.15, -0.1) is 0 Å². The molecule has 0 bridgehead atoms. The Morgan fingerprint density at radius 1 is 1.00 bits per heavy atom. The highest BCUT2D eigenvalue weighted by atomic mass is 16.5. The van der Waals surface area contributed by atoms with Gasteiger partial charge < -0.3 is 9.84 Å². The van der Waals surface area contributed by atoms with Crippen molar-refractivity contribution in [2.75, 3.05) is 6.61 Å². The van der Waals surface area contributed by atoms with E-state index in [0.29, 0.717) is 6.61 Å². The lowest BCUT2D eigenvalue weighted by molar-refractivity contribution is -0.141. The fourth-order valence-corrected chi connectivity index (χ4v) is 1.11. The number of ketones is 1. The Hall–Kier alpha value is -0.900. The predicted octanol–water partition coefficient (Wildman–Crippen LogP) is 3.14. The first-order valence-corrected chi connectivity index (χ1v) is 6.69. The van der Waals surface area contributed by atoms with Crippen molar-refractivity contribution in [2.45, 2.75) is 60.5 Å². The minimum Gasteiger partial charge on any atom is -0.481 e. The highest BCUT2D eigenvalue weighted by Crippen LogP contribution is 2.07. The Morgan fingerprint density at radius 3 is 1.67 bits per heavy atom. The van der Waals surface area contributed by atoms with E-state index in [0.717, 1.165) is 12.8 Å². The summed E-state index contributed by atoms with van der Waals surface area (Å²) in [5.74, 6) is -0.534. The van der Waals surface area contributed by atoms with Crippen molar-refractivity contribution in [3.8, 4) is 0 Å². The lowest BCUT2D eigenvalue weighted by Crippen LogP contribution is -2.26. The van der Waals surface area contributed by atoms with Crippen LogP contribution < -0.4 is 0 Å². The quantitative estimate of drug-likeness (QED) is 0.763. The zero-order valence-electron chi connectivity index (χ0n) is 12.5. The molecule has 1 N–H and O–H groups in total. The van der Waals surface area contributed by atoms with E-state index >= 15 is 0 Å². The van der Waals surface area contributed by atoms with Gasteiger partial charge in [-0.2, -0.15) is 0 Å². The molecule has 4 nitrogen and oxygen atoms in total. The minimum atomic E-state index is -0.706.